The number of aryl methyl sites for hydroxylation is 1. The molecular formula is C26H25FN4O. The molecule has 6 heteroatoms. The molecule has 5 nitrogen and oxygen atoms in total. The Morgan fingerprint density at radius 2 is 1.75 bits per heavy atom. The van der Waals surface area contributed by atoms with E-state index in [9.17, 15) is 9.18 Å². The number of nitrogens with zero attached hydrogens (tertiary/aromatic N) is 4. The minimum atomic E-state index is -0.285. The average Bonchev–Trinajstić information content (AvgIpc) is 3.39. The van der Waals surface area contributed by atoms with Crippen LogP contribution in [0.15, 0.2) is 72.9 Å². The zero-order valence-electron chi connectivity index (χ0n) is 18.2. The van der Waals surface area contributed by atoms with Crippen molar-refractivity contribution in [2.24, 2.45) is 0 Å². The number of carbonyl (C=O) groups excluding carboxylic acids is 1. The van der Waals surface area contributed by atoms with Crippen molar-refractivity contribution in [1.29, 1.82) is 0 Å². The molecule has 1 atom stereocenters. The molecule has 0 aliphatic carbocycles. The minimum absolute atomic E-state index is 0.0798. The summed E-state index contributed by atoms with van der Waals surface area (Å²) in [6, 6.07) is 20.5. The summed E-state index contributed by atoms with van der Waals surface area (Å²) in [6.45, 7) is 5.32. The molecule has 3 heterocycles. The van der Waals surface area contributed by atoms with Crippen LogP contribution < -0.4 is 0 Å². The molecule has 1 aliphatic rings. The molecule has 0 bridgehead atoms. The van der Waals surface area contributed by atoms with Crippen LogP contribution in [0.3, 0.4) is 0 Å². The number of aromatic nitrogens is 3. The van der Waals surface area contributed by atoms with E-state index in [4.69, 9.17) is 0 Å². The van der Waals surface area contributed by atoms with Crippen molar-refractivity contribution in [3.63, 3.8) is 0 Å². The largest absolute Gasteiger partial charge is 0.348 e. The molecule has 0 N–H and O–H groups in total. The molecule has 0 fully saturated rings. The first-order valence-electron chi connectivity index (χ1n) is 10.8. The lowest BCUT2D eigenvalue weighted by molar-refractivity contribution is -0.133. The summed E-state index contributed by atoms with van der Waals surface area (Å²) in [5.74, 6) is -0.205. The number of amides is 1. The predicted molar refractivity (Wildman–Crippen MR) is 121 cm³/mol. The van der Waals surface area contributed by atoms with Gasteiger partial charge in [-0.15, -0.1) is 0 Å². The number of hydrogen-bond acceptors (Lipinski definition) is 2. The van der Waals surface area contributed by atoms with Gasteiger partial charge in [-0.3, -0.25) is 4.79 Å². The first-order valence-corrected chi connectivity index (χ1v) is 10.8. The van der Waals surface area contributed by atoms with Crippen LogP contribution in [0.2, 0.25) is 0 Å². The van der Waals surface area contributed by atoms with Crippen LogP contribution in [-0.2, 0) is 17.8 Å². The van der Waals surface area contributed by atoms with Gasteiger partial charge in [0.1, 0.15) is 5.82 Å². The highest BCUT2D eigenvalue weighted by Crippen LogP contribution is 2.33. The molecule has 5 rings (SSSR count). The standard InChI is InChI=1S/C26H25FN4O/c1-18-23(19(2)31(28-18)22-12-10-21(27)11-13-22)17-25(32)30-16-15-29-14-6-9-24(29)26(30)20-7-4-3-5-8-20/h3-14,26H,15-17H2,1-2H3. The van der Waals surface area contributed by atoms with E-state index >= 15 is 0 Å². The zero-order chi connectivity index (χ0) is 22.2. The quantitative estimate of drug-likeness (QED) is 0.477. The highest BCUT2D eigenvalue weighted by Gasteiger charge is 2.32. The van der Waals surface area contributed by atoms with Gasteiger partial charge in [-0.2, -0.15) is 5.10 Å². The molecule has 0 spiro atoms. The third kappa shape index (κ3) is 3.51. The first kappa shape index (κ1) is 20.2. The van der Waals surface area contributed by atoms with Crippen LogP contribution in [0, 0.1) is 19.7 Å². The van der Waals surface area contributed by atoms with Crippen LogP contribution in [0.5, 0.6) is 0 Å². The number of hydrogen-bond donors (Lipinski definition) is 0. The fraction of sp³-hybridized carbons (Fsp3) is 0.231. The molecule has 0 saturated carbocycles. The van der Waals surface area contributed by atoms with Crippen molar-refractivity contribution in [2.75, 3.05) is 6.54 Å². The van der Waals surface area contributed by atoms with E-state index in [1.807, 2.05) is 43.0 Å². The van der Waals surface area contributed by atoms with Crippen LogP contribution in [-0.4, -0.2) is 31.7 Å². The maximum absolute atomic E-state index is 13.6. The van der Waals surface area contributed by atoms with E-state index in [1.165, 1.54) is 12.1 Å². The zero-order valence-corrected chi connectivity index (χ0v) is 18.2. The summed E-state index contributed by atoms with van der Waals surface area (Å²) in [4.78, 5) is 15.6. The smallest absolute Gasteiger partial charge is 0.228 e. The van der Waals surface area contributed by atoms with Gasteiger partial charge in [-0.1, -0.05) is 30.3 Å². The molecule has 1 amide bonds. The van der Waals surface area contributed by atoms with E-state index in [0.717, 1.165) is 40.4 Å². The second kappa shape index (κ2) is 8.11. The van der Waals surface area contributed by atoms with Gasteiger partial charge in [0, 0.05) is 36.2 Å². The van der Waals surface area contributed by atoms with Gasteiger partial charge in [-0.25, -0.2) is 9.07 Å². The van der Waals surface area contributed by atoms with Crippen molar-refractivity contribution in [1.82, 2.24) is 19.2 Å². The second-order valence-corrected chi connectivity index (χ2v) is 8.24. The molecular weight excluding hydrogens is 403 g/mol. The molecule has 162 valence electrons. The molecule has 1 aliphatic heterocycles. The highest BCUT2D eigenvalue weighted by atomic mass is 19.1. The van der Waals surface area contributed by atoms with Crippen molar-refractivity contribution in [3.05, 3.63) is 107 Å². The summed E-state index contributed by atoms with van der Waals surface area (Å²) in [6.07, 6.45) is 2.36. The van der Waals surface area contributed by atoms with Gasteiger partial charge in [0.25, 0.3) is 0 Å². The van der Waals surface area contributed by atoms with Gasteiger partial charge in [0.15, 0.2) is 0 Å². The molecule has 4 aromatic rings. The summed E-state index contributed by atoms with van der Waals surface area (Å²) >= 11 is 0. The van der Waals surface area contributed by atoms with E-state index in [1.54, 1.807) is 16.8 Å². The lowest BCUT2D eigenvalue weighted by Crippen LogP contribution is -2.43. The van der Waals surface area contributed by atoms with Gasteiger partial charge in [0.2, 0.25) is 5.91 Å². The minimum Gasteiger partial charge on any atom is -0.348 e. The van der Waals surface area contributed by atoms with E-state index in [2.05, 4.69) is 34.1 Å². The first-order chi connectivity index (χ1) is 15.5. The van der Waals surface area contributed by atoms with Gasteiger partial charge in [0.05, 0.1) is 23.8 Å². The lowest BCUT2D eigenvalue weighted by Gasteiger charge is -2.37. The van der Waals surface area contributed by atoms with E-state index < -0.39 is 0 Å². The molecule has 32 heavy (non-hydrogen) atoms. The second-order valence-electron chi connectivity index (χ2n) is 8.24. The predicted octanol–water partition coefficient (Wildman–Crippen LogP) is 4.60. The Morgan fingerprint density at radius 1 is 1.00 bits per heavy atom. The van der Waals surface area contributed by atoms with Crippen molar-refractivity contribution >= 4 is 5.91 Å². The molecule has 1 unspecified atom stereocenters. The topological polar surface area (TPSA) is 43.1 Å². The number of fused-ring (bicyclic) bond motifs is 1. The summed E-state index contributed by atoms with van der Waals surface area (Å²) in [5.41, 5.74) is 5.66. The Labute approximate surface area is 186 Å². The Morgan fingerprint density at radius 3 is 2.50 bits per heavy atom. The van der Waals surface area contributed by atoms with E-state index in [0.29, 0.717) is 6.54 Å². The van der Waals surface area contributed by atoms with Crippen molar-refractivity contribution < 1.29 is 9.18 Å². The third-order valence-electron chi connectivity index (χ3n) is 6.31. The average molecular weight is 429 g/mol. The van der Waals surface area contributed by atoms with Crippen LogP contribution >= 0.6 is 0 Å². The van der Waals surface area contributed by atoms with Crippen LogP contribution in [0.1, 0.15) is 34.3 Å². The van der Waals surface area contributed by atoms with Gasteiger partial charge in [-0.05, 0) is 55.8 Å². The molecule has 0 radical (unpaired) electrons. The van der Waals surface area contributed by atoms with Gasteiger partial charge >= 0.3 is 0 Å². The Kier molecular flexibility index (Phi) is 5.13. The maximum atomic E-state index is 13.6. The Bertz CT molecular complexity index is 1260. The van der Waals surface area contributed by atoms with Crippen LogP contribution in [0.4, 0.5) is 4.39 Å². The number of halogens is 1. The van der Waals surface area contributed by atoms with Crippen molar-refractivity contribution in [2.45, 2.75) is 32.9 Å². The van der Waals surface area contributed by atoms with Crippen LogP contribution in [0.25, 0.3) is 5.69 Å². The lowest BCUT2D eigenvalue weighted by atomic mass is 9.98. The molecule has 0 saturated heterocycles. The normalized spacial score (nSPS) is 15.6. The highest BCUT2D eigenvalue weighted by molar-refractivity contribution is 5.80. The summed E-state index contributed by atoms with van der Waals surface area (Å²) < 4.78 is 17.4. The molecule has 2 aromatic carbocycles. The van der Waals surface area contributed by atoms with E-state index in [-0.39, 0.29) is 24.2 Å². The van der Waals surface area contributed by atoms with Crippen molar-refractivity contribution in [3.8, 4) is 5.69 Å². The summed E-state index contributed by atoms with van der Waals surface area (Å²) in [7, 11) is 0. The fourth-order valence-electron chi connectivity index (χ4n) is 4.66. The number of rotatable bonds is 4. The molecule has 2 aromatic heterocycles. The third-order valence-corrected chi connectivity index (χ3v) is 6.31. The Hall–Kier alpha value is -3.67. The van der Waals surface area contributed by atoms with Gasteiger partial charge < -0.3 is 9.47 Å². The number of carbonyl (C=O) groups is 1. The monoisotopic (exact) mass is 428 g/mol. The SMILES string of the molecule is Cc1nn(-c2ccc(F)cc2)c(C)c1CC(=O)N1CCn2cccc2C1c1ccccc1. The Balaban J connectivity index is 1.46. The maximum Gasteiger partial charge on any atom is 0.228 e. The summed E-state index contributed by atoms with van der Waals surface area (Å²) in [5, 5.41) is 4.63. The number of benzene rings is 2. The fourth-order valence-corrected chi connectivity index (χ4v) is 4.66.